The molecule has 0 spiro atoms. The van der Waals surface area contributed by atoms with Crippen LogP contribution in [0.3, 0.4) is 0 Å². The van der Waals surface area contributed by atoms with Crippen LogP contribution in [-0.4, -0.2) is 32.3 Å². The minimum absolute atomic E-state index is 0.0313. The lowest BCUT2D eigenvalue weighted by Crippen LogP contribution is -2.31. The number of carbonyl (C=O) groups excluding carboxylic acids is 1. The van der Waals surface area contributed by atoms with E-state index >= 15 is 0 Å². The van der Waals surface area contributed by atoms with Crippen LogP contribution in [0.4, 0.5) is 0 Å². The van der Waals surface area contributed by atoms with Crippen molar-refractivity contribution >= 4 is 37.0 Å². The van der Waals surface area contributed by atoms with Gasteiger partial charge in [-0.2, -0.15) is 0 Å². The number of carbonyl (C=O) groups is 1. The van der Waals surface area contributed by atoms with Crippen molar-refractivity contribution in [3.63, 3.8) is 0 Å². The van der Waals surface area contributed by atoms with E-state index in [4.69, 9.17) is 10.7 Å². The lowest BCUT2D eigenvalue weighted by atomic mass is 9.98. The van der Waals surface area contributed by atoms with Gasteiger partial charge >= 0.3 is 0 Å². The van der Waals surface area contributed by atoms with E-state index in [9.17, 15) is 13.2 Å². The summed E-state index contributed by atoms with van der Waals surface area (Å²) < 4.78 is 22.5. The molecule has 20 heavy (non-hydrogen) atoms. The zero-order valence-corrected chi connectivity index (χ0v) is 13.7. The molecule has 1 unspecified atom stereocenters. The maximum atomic E-state index is 12.4. The molecule has 1 aliphatic heterocycles. The van der Waals surface area contributed by atoms with Gasteiger partial charge in [0.1, 0.15) is 4.21 Å². The fourth-order valence-electron chi connectivity index (χ4n) is 2.52. The van der Waals surface area contributed by atoms with E-state index < -0.39 is 9.05 Å². The Morgan fingerprint density at radius 3 is 2.80 bits per heavy atom. The molecule has 1 fully saturated rings. The third-order valence-electron chi connectivity index (χ3n) is 3.77. The van der Waals surface area contributed by atoms with E-state index in [1.54, 1.807) is 5.38 Å². The molecule has 0 aromatic carbocycles. The monoisotopic (exact) mass is 335 g/mol. The van der Waals surface area contributed by atoms with Crippen LogP contribution in [0.25, 0.3) is 0 Å². The molecule has 0 aliphatic carbocycles. The molecule has 1 saturated heterocycles. The zero-order valence-electron chi connectivity index (χ0n) is 11.3. The van der Waals surface area contributed by atoms with Crippen molar-refractivity contribution in [3.05, 3.63) is 17.0 Å². The molecule has 4 nitrogen and oxygen atoms in total. The van der Waals surface area contributed by atoms with Crippen molar-refractivity contribution in [2.45, 2.75) is 36.8 Å². The molecule has 1 aromatic heterocycles. The standard InChI is InChI=1S/C13H18ClNO3S2/c1-2-10-4-3-6-15(7-5-10)13(16)11-8-12(19-9-11)20(14,17)18/h8-10H,2-7H2,1H3. The van der Waals surface area contributed by atoms with Gasteiger partial charge in [-0.25, -0.2) is 8.42 Å². The first kappa shape index (κ1) is 15.8. The van der Waals surface area contributed by atoms with Gasteiger partial charge in [0.25, 0.3) is 15.0 Å². The van der Waals surface area contributed by atoms with Gasteiger partial charge < -0.3 is 4.90 Å². The number of hydrogen-bond acceptors (Lipinski definition) is 4. The van der Waals surface area contributed by atoms with Crippen LogP contribution < -0.4 is 0 Å². The Labute approximate surface area is 128 Å². The van der Waals surface area contributed by atoms with E-state index in [1.165, 1.54) is 6.07 Å². The lowest BCUT2D eigenvalue weighted by Gasteiger charge is -2.19. The first-order valence-corrected chi connectivity index (χ1v) is 9.93. The second-order valence-corrected chi connectivity index (χ2v) is 8.79. The van der Waals surface area contributed by atoms with Crippen LogP contribution >= 0.6 is 22.0 Å². The van der Waals surface area contributed by atoms with Crippen LogP contribution in [0, 0.1) is 5.92 Å². The lowest BCUT2D eigenvalue weighted by molar-refractivity contribution is 0.0760. The van der Waals surface area contributed by atoms with Crippen molar-refractivity contribution < 1.29 is 13.2 Å². The van der Waals surface area contributed by atoms with Crippen molar-refractivity contribution in [1.29, 1.82) is 0 Å². The Kier molecular flexibility index (Phi) is 5.09. The summed E-state index contributed by atoms with van der Waals surface area (Å²) in [7, 11) is 1.54. The molecule has 112 valence electrons. The van der Waals surface area contributed by atoms with Crippen molar-refractivity contribution in [1.82, 2.24) is 4.90 Å². The highest BCUT2D eigenvalue weighted by molar-refractivity contribution is 8.15. The van der Waals surface area contributed by atoms with Crippen molar-refractivity contribution in [2.75, 3.05) is 13.1 Å². The SMILES string of the molecule is CCC1CCCN(C(=O)c2csc(S(=O)(=O)Cl)c2)CC1. The molecule has 0 N–H and O–H groups in total. The van der Waals surface area contributed by atoms with Crippen LogP contribution in [0.1, 0.15) is 43.0 Å². The van der Waals surface area contributed by atoms with Gasteiger partial charge in [0.2, 0.25) is 0 Å². The minimum Gasteiger partial charge on any atom is -0.339 e. The second-order valence-electron chi connectivity index (χ2n) is 5.09. The van der Waals surface area contributed by atoms with Gasteiger partial charge in [-0.05, 0) is 31.2 Å². The number of halogens is 1. The molecule has 0 radical (unpaired) electrons. The minimum atomic E-state index is -3.75. The summed E-state index contributed by atoms with van der Waals surface area (Å²) in [5.41, 5.74) is 0.421. The number of hydrogen-bond donors (Lipinski definition) is 0. The molecule has 0 bridgehead atoms. The highest BCUT2D eigenvalue weighted by Crippen LogP contribution is 2.26. The van der Waals surface area contributed by atoms with E-state index in [2.05, 4.69) is 6.92 Å². The van der Waals surface area contributed by atoms with E-state index in [0.717, 1.165) is 50.1 Å². The molecule has 7 heteroatoms. The van der Waals surface area contributed by atoms with Crippen LogP contribution in [0.2, 0.25) is 0 Å². The predicted molar refractivity (Wildman–Crippen MR) is 80.9 cm³/mol. The molecule has 1 aromatic rings. The summed E-state index contributed by atoms with van der Waals surface area (Å²) in [6.45, 7) is 3.67. The topological polar surface area (TPSA) is 54.5 Å². The third kappa shape index (κ3) is 3.74. The number of thiophene rings is 1. The summed E-state index contributed by atoms with van der Waals surface area (Å²) in [6.07, 6.45) is 4.34. The summed E-state index contributed by atoms with van der Waals surface area (Å²) in [6, 6.07) is 1.37. The quantitative estimate of drug-likeness (QED) is 0.796. The van der Waals surface area contributed by atoms with Gasteiger partial charge in [-0.1, -0.05) is 13.3 Å². The van der Waals surface area contributed by atoms with Gasteiger partial charge in [-0.3, -0.25) is 4.79 Å². The first-order valence-electron chi connectivity index (χ1n) is 6.74. The van der Waals surface area contributed by atoms with E-state index in [-0.39, 0.29) is 10.1 Å². The van der Waals surface area contributed by atoms with Gasteiger partial charge in [0, 0.05) is 29.2 Å². The second kappa shape index (κ2) is 6.45. The molecule has 2 rings (SSSR count). The maximum Gasteiger partial charge on any atom is 0.270 e. The normalized spacial score (nSPS) is 20.7. The summed E-state index contributed by atoms with van der Waals surface area (Å²) in [4.78, 5) is 14.2. The Hall–Kier alpha value is -0.590. The van der Waals surface area contributed by atoms with Gasteiger partial charge in [-0.15, -0.1) is 11.3 Å². The van der Waals surface area contributed by atoms with Crippen LogP contribution in [0.15, 0.2) is 15.7 Å². The highest BCUT2D eigenvalue weighted by atomic mass is 35.7. The van der Waals surface area contributed by atoms with Gasteiger partial charge in [0.05, 0.1) is 5.56 Å². The number of amides is 1. The summed E-state index contributed by atoms with van der Waals surface area (Å²) in [5, 5.41) is 1.57. The zero-order chi connectivity index (χ0) is 14.8. The fraction of sp³-hybridized carbons (Fsp3) is 0.615. The van der Waals surface area contributed by atoms with Crippen LogP contribution in [-0.2, 0) is 9.05 Å². The Morgan fingerprint density at radius 1 is 1.45 bits per heavy atom. The van der Waals surface area contributed by atoms with Crippen molar-refractivity contribution in [3.8, 4) is 0 Å². The molecular formula is C13H18ClNO3S2. The third-order valence-corrected chi connectivity index (χ3v) is 6.82. The smallest absolute Gasteiger partial charge is 0.270 e. The Bertz CT molecular complexity index is 582. The first-order chi connectivity index (χ1) is 9.41. The predicted octanol–water partition coefficient (Wildman–Crippen LogP) is 3.33. The van der Waals surface area contributed by atoms with E-state index in [0.29, 0.717) is 11.5 Å². The average Bonchev–Trinajstić information content (AvgIpc) is 2.77. The van der Waals surface area contributed by atoms with Crippen molar-refractivity contribution in [2.24, 2.45) is 5.92 Å². The molecule has 1 aliphatic rings. The molecular weight excluding hydrogens is 318 g/mol. The molecule has 1 atom stereocenters. The van der Waals surface area contributed by atoms with E-state index in [1.807, 2.05) is 4.90 Å². The van der Waals surface area contributed by atoms with Gasteiger partial charge in [0.15, 0.2) is 0 Å². The number of rotatable bonds is 3. The largest absolute Gasteiger partial charge is 0.339 e. The Balaban J connectivity index is 2.09. The average molecular weight is 336 g/mol. The molecule has 0 saturated carbocycles. The number of nitrogens with zero attached hydrogens (tertiary/aromatic N) is 1. The molecule has 2 heterocycles. The van der Waals surface area contributed by atoms with Crippen LogP contribution in [0.5, 0.6) is 0 Å². The maximum absolute atomic E-state index is 12.4. The fourth-order valence-corrected chi connectivity index (χ4v) is 4.46. The molecule has 1 amide bonds. The number of likely N-dealkylation sites (tertiary alicyclic amines) is 1. The summed E-state index contributed by atoms with van der Waals surface area (Å²) in [5.74, 6) is 0.596. The Morgan fingerprint density at radius 2 is 2.20 bits per heavy atom. The summed E-state index contributed by atoms with van der Waals surface area (Å²) >= 11 is 0.992. The highest BCUT2D eigenvalue weighted by Gasteiger charge is 2.23.